The molecule has 0 spiro atoms. The zero-order chi connectivity index (χ0) is 18.7. The smallest absolute Gasteiger partial charge is 0.232 e. The van der Waals surface area contributed by atoms with E-state index in [9.17, 15) is 5.11 Å². The first kappa shape index (κ1) is 19.0. The molecule has 2 N–H and O–H groups in total. The molecule has 142 valence electrons. The van der Waals surface area contributed by atoms with Crippen molar-refractivity contribution in [3.05, 3.63) is 34.9 Å². The van der Waals surface area contributed by atoms with Crippen LogP contribution in [-0.4, -0.2) is 34.9 Å². The maximum absolute atomic E-state index is 9.34. The summed E-state index contributed by atoms with van der Waals surface area (Å²) in [6.45, 7) is 8.73. The molecule has 1 aromatic heterocycles. The van der Waals surface area contributed by atoms with Gasteiger partial charge in [-0.2, -0.15) is 4.98 Å². The number of nitrogens with one attached hydrogen (secondary N) is 1. The van der Waals surface area contributed by atoms with Crippen LogP contribution >= 0.6 is 11.6 Å². The second-order valence-corrected chi connectivity index (χ2v) is 8.33. The predicted octanol–water partition coefficient (Wildman–Crippen LogP) is 3.84. The molecule has 2 heterocycles. The number of aromatic nitrogens is 2. The lowest BCUT2D eigenvalue weighted by molar-refractivity contribution is 0.203. The molecule has 1 saturated heterocycles. The van der Waals surface area contributed by atoms with E-state index in [1.54, 1.807) is 0 Å². The summed E-state index contributed by atoms with van der Waals surface area (Å²) in [7, 11) is 0. The number of aliphatic hydroxyl groups is 1. The van der Waals surface area contributed by atoms with Crippen molar-refractivity contribution in [1.29, 1.82) is 0 Å². The third-order valence-electron chi connectivity index (χ3n) is 4.72. The van der Waals surface area contributed by atoms with E-state index in [0.29, 0.717) is 29.2 Å². The molecule has 0 aliphatic carbocycles. The number of rotatable bonds is 5. The van der Waals surface area contributed by atoms with Gasteiger partial charge in [-0.05, 0) is 37.0 Å². The van der Waals surface area contributed by atoms with E-state index in [-0.39, 0.29) is 12.0 Å². The Morgan fingerprint density at radius 1 is 1.31 bits per heavy atom. The highest BCUT2D eigenvalue weighted by molar-refractivity contribution is 6.31. The molecule has 0 bridgehead atoms. The van der Waals surface area contributed by atoms with E-state index >= 15 is 0 Å². The summed E-state index contributed by atoms with van der Waals surface area (Å²) < 4.78 is 5.35. The fraction of sp³-hybridized carbons (Fsp3) is 0.579. The van der Waals surface area contributed by atoms with Crippen LogP contribution in [0.5, 0.6) is 0 Å². The van der Waals surface area contributed by atoms with E-state index in [2.05, 4.69) is 20.4 Å². The van der Waals surface area contributed by atoms with Crippen LogP contribution in [0.3, 0.4) is 0 Å². The predicted molar refractivity (Wildman–Crippen MR) is 104 cm³/mol. The lowest BCUT2D eigenvalue weighted by Gasteiger charge is -2.34. The first-order valence-corrected chi connectivity index (χ1v) is 9.47. The molecule has 3 rings (SSSR count). The standard InChI is InChI=1S/C19H27ClN4O2/c1-19(2,3)18-22-17(23-26-18)11-21-15-10-14(20)4-5-16(15)24-8-6-13(12-25)7-9-24/h4-5,10,13,21,25H,6-9,11-12H2,1-3H3. The number of nitrogens with zero attached hydrogens (tertiary/aromatic N) is 3. The minimum Gasteiger partial charge on any atom is -0.396 e. The Morgan fingerprint density at radius 2 is 2.04 bits per heavy atom. The van der Waals surface area contributed by atoms with Crippen molar-refractivity contribution in [3.8, 4) is 0 Å². The van der Waals surface area contributed by atoms with Gasteiger partial charge in [0.05, 0.1) is 17.9 Å². The van der Waals surface area contributed by atoms with E-state index in [1.165, 1.54) is 0 Å². The summed E-state index contributed by atoms with van der Waals surface area (Å²) in [6.07, 6.45) is 2.00. The van der Waals surface area contributed by atoms with Gasteiger partial charge >= 0.3 is 0 Å². The topological polar surface area (TPSA) is 74.4 Å². The van der Waals surface area contributed by atoms with Gasteiger partial charge in [0, 0.05) is 30.1 Å². The summed E-state index contributed by atoms with van der Waals surface area (Å²) >= 11 is 6.21. The third-order valence-corrected chi connectivity index (χ3v) is 4.95. The Hall–Kier alpha value is -1.79. The highest BCUT2D eigenvalue weighted by atomic mass is 35.5. The molecule has 1 aliphatic rings. The second-order valence-electron chi connectivity index (χ2n) is 7.89. The van der Waals surface area contributed by atoms with Crippen molar-refractivity contribution in [3.63, 3.8) is 0 Å². The van der Waals surface area contributed by atoms with Crippen molar-refractivity contribution in [2.24, 2.45) is 5.92 Å². The average Bonchev–Trinajstić information content (AvgIpc) is 3.10. The Morgan fingerprint density at radius 3 is 2.65 bits per heavy atom. The molecular formula is C19H27ClN4O2. The minimum absolute atomic E-state index is 0.163. The molecule has 0 atom stereocenters. The summed E-state index contributed by atoms with van der Waals surface area (Å²) in [5.74, 6) is 1.66. The van der Waals surface area contributed by atoms with E-state index in [0.717, 1.165) is 37.3 Å². The van der Waals surface area contributed by atoms with Crippen LogP contribution in [0.1, 0.15) is 45.3 Å². The molecule has 0 unspecified atom stereocenters. The average molecular weight is 379 g/mol. The van der Waals surface area contributed by atoms with Gasteiger partial charge in [-0.25, -0.2) is 0 Å². The first-order chi connectivity index (χ1) is 12.4. The van der Waals surface area contributed by atoms with Crippen LogP contribution in [0.4, 0.5) is 11.4 Å². The van der Waals surface area contributed by atoms with Gasteiger partial charge in [0.15, 0.2) is 5.82 Å². The van der Waals surface area contributed by atoms with E-state index in [4.69, 9.17) is 16.1 Å². The fourth-order valence-electron chi connectivity index (χ4n) is 3.09. The lowest BCUT2D eigenvalue weighted by Crippen LogP contribution is -2.35. The molecule has 0 radical (unpaired) electrons. The van der Waals surface area contributed by atoms with E-state index in [1.807, 2.05) is 39.0 Å². The van der Waals surface area contributed by atoms with Gasteiger partial charge in [0.25, 0.3) is 0 Å². The molecule has 0 amide bonds. The van der Waals surface area contributed by atoms with Crippen molar-refractivity contribution < 1.29 is 9.63 Å². The molecule has 2 aromatic rings. The van der Waals surface area contributed by atoms with Gasteiger partial charge in [-0.1, -0.05) is 37.5 Å². The molecule has 26 heavy (non-hydrogen) atoms. The highest BCUT2D eigenvalue weighted by Gasteiger charge is 2.23. The summed E-state index contributed by atoms with van der Waals surface area (Å²) in [5, 5.41) is 17.5. The van der Waals surface area contributed by atoms with Gasteiger partial charge < -0.3 is 19.8 Å². The van der Waals surface area contributed by atoms with Crippen LogP contribution < -0.4 is 10.2 Å². The molecule has 1 aromatic carbocycles. The normalized spacial score (nSPS) is 16.1. The molecular weight excluding hydrogens is 352 g/mol. The van der Waals surface area contributed by atoms with Gasteiger partial charge in [-0.3, -0.25) is 0 Å². The van der Waals surface area contributed by atoms with Gasteiger partial charge in [-0.15, -0.1) is 0 Å². The van der Waals surface area contributed by atoms with Crippen LogP contribution in [0.15, 0.2) is 22.7 Å². The van der Waals surface area contributed by atoms with Crippen molar-refractivity contribution in [2.45, 2.75) is 45.6 Å². The Kier molecular flexibility index (Phi) is 5.73. The maximum Gasteiger partial charge on any atom is 0.232 e. The summed E-state index contributed by atoms with van der Waals surface area (Å²) in [4.78, 5) is 6.80. The van der Waals surface area contributed by atoms with E-state index < -0.39 is 0 Å². The van der Waals surface area contributed by atoms with Crippen LogP contribution in [0.2, 0.25) is 5.02 Å². The zero-order valence-corrected chi connectivity index (χ0v) is 16.4. The van der Waals surface area contributed by atoms with Crippen molar-refractivity contribution in [2.75, 3.05) is 29.9 Å². The second kappa shape index (κ2) is 7.84. The fourth-order valence-corrected chi connectivity index (χ4v) is 3.26. The van der Waals surface area contributed by atoms with Crippen LogP contribution in [-0.2, 0) is 12.0 Å². The highest BCUT2D eigenvalue weighted by Crippen LogP contribution is 2.32. The molecule has 0 saturated carbocycles. The molecule has 7 heteroatoms. The zero-order valence-electron chi connectivity index (χ0n) is 15.6. The number of hydrogen-bond donors (Lipinski definition) is 2. The van der Waals surface area contributed by atoms with Crippen LogP contribution in [0.25, 0.3) is 0 Å². The van der Waals surface area contributed by atoms with Gasteiger partial charge in [0.1, 0.15) is 0 Å². The monoisotopic (exact) mass is 378 g/mol. The lowest BCUT2D eigenvalue weighted by atomic mass is 9.97. The Bertz CT molecular complexity index is 733. The number of hydrogen-bond acceptors (Lipinski definition) is 6. The number of benzene rings is 1. The van der Waals surface area contributed by atoms with Crippen LogP contribution in [0, 0.1) is 5.92 Å². The quantitative estimate of drug-likeness (QED) is 0.823. The number of aliphatic hydroxyl groups excluding tert-OH is 1. The largest absolute Gasteiger partial charge is 0.396 e. The molecule has 1 aliphatic heterocycles. The maximum atomic E-state index is 9.34. The summed E-state index contributed by atoms with van der Waals surface area (Å²) in [5.41, 5.74) is 1.91. The van der Waals surface area contributed by atoms with Gasteiger partial charge in [0.2, 0.25) is 5.89 Å². The third kappa shape index (κ3) is 4.48. The number of piperidine rings is 1. The molecule has 1 fully saturated rings. The van der Waals surface area contributed by atoms with Crippen molar-refractivity contribution in [1.82, 2.24) is 10.1 Å². The Labute approximate surface area is 159 Å². The summed E-state index contributed by atoms with van der Waals surface area (Å²) in [6, 6.07) is 5.88. The molecule has 6 nitrogen and oxygen atoms in total. The first-order valence-electron chi connectivity index (χ1n) is 9.09. The SMILES string of the molecule is CC(C)(C)c1nc(CNc2cc(Cl)ccc2N2CCC(CO)CC2)no1. The van der Waals surface area contributed by atoms with Crippen molar-refractivity contribution >= 4 is 23.0 Å². The number of halogens is 1. The minimum atomic E-state index is -0.163. The number of anilines is 2. The Balaban J connectivity index is 1.71.